The molecule has 214 valence electrons. The Bertz CT molecular complexity index is 1450. The van der Waals surface area contributed by atoms with Crippen LogP contribution in [0, 0.1) is 0 Å². The Hall–Kier alpha value is -3.55. The third-order valence-corrected chi connectivity index (χ3v) is 9.33. The van der Waals surface area contributed by atoms with E-state index in [1.165, 1.54) is 32.1 Å². The Morgan fingerprint density at radius 2 is 1.63 bits per heavy atom. The van der Waals surface area contributed by atoms with Gasteiger partial charge in [0.1, 0.15) is 17.2 Å². The molecular formula is C34H38N2O4S. The number of hydrogen-bond donors (Lipinski definition) is 2. The summed E-state index contributed by atoms with van der Waals surface area (Å²) in [5.41, 5.74) is 1.69. The molecule has 0 radical (unpaired) electrons. The fourth-order valence-corrected chi connectivity index (χ4v) is 6.96. The molecule has 6 nitrogen and oxygen atoms in total. The van der Waals surface area contributed by atoms with E-state index in [1.54, 1.807) is 18.4 Å². The topological polar surface area (TPSA) is 68.8 Å². The summed E-state index contributed by atoms with van der Waals surface area (Å²) in [4.78, 5) is 13.8. The number of carbonyl (C=O) groups excluding carboxylic acids is 1. The van der Waals surface area contributed by atoms with Crippen molar-refractivity contribution < 1.29 is 19.0 Å². The van der Waals surface area contributed by atoms with Crippen LogP contribution in [0.5, 0.6) is 23.0 Å². The lowest BCUT2D eigenvalue weighted by Gasteiger charge is -2.23. The molecule has 2 aliphatic rings. The molecular weight excluding hydrogens is 532 g/mol. The maximum Gasteiger partial charge on any atom is 0.251 e. The quantitative estimate of drug-likeness (QED) is 0.202. The number of piperidine rings is 1. The van der Waals surface area contributed by atoms with E-state index in [1.807, 2.05) is 66.7 Å². The standard InChI is InChI=1S/C34H38N2O4S/c1-38-29-17-18-30-31(22-29)41-33(23-9-11-24(12-10-23)34(37)36-26-7-2-3-8-26)32(30)40-28-15-13-27(14-16-28)39-21-19-25-6-4-5-20-35-25/h9-18,22,25-26,35H,2-8,19-21H2,1H3,(H,36,37). The van der Waals surface area contributed by atoms with Crippen LogP contribution in [-0.2, 0) is 0 Å². The van der Waals surface area contributed by atoms with Gasteiger partial charge < -0.3 is 24.8 Å². The Morgan fingerprint density at radius 3 is 2.37 bits per heavy atom. The second-order valence-electron chi connectivity index (χ2n) is 11.0. The van der Waals surface area contributed by atoms with Crippen LogP contribution in [0.4, 0.5) is 0 Å². The molecule has 6 rings (SSSR count). The van der Waals surface area contributed by atoms with E-state index in [0.29, 0.717) is 24.3 Å². The van der Waals surface area contributed by atoms with Crippen LogP contribution in [0.2, 0.25) is 0 Å². The maximum absolute atomic E-state index is 12.8. The van der Waals surface area contributed by atoms with Crippen molar-refractivity contribution in [2.24, 2.45) is 0 Å². The minimum absolute atomic E-state index is 0.00156. The monoisotopic (exact) mass is 570 g/mol. The molecule has 1 aliphatic heterocycles. The van der Waals surface area contributed by atoms with Crippen molar-refractivity contribution in [1.29, 1.82) is 0 Å². The Balaban J connectivity index is 1.19. The predicted molar refractivity (Wildman–Crippen MR) is 166 cm³/mol. The van der Waals surface area contributed by atoms with Gasteiger partial charge in [0.05, 0.1) is 18.6 Å². The number of fused-ring (bicyclic) bond motifs is 1. The number of rotatable bonds is 10. The van der Waals surface area contributed by atoms with Gasteiger partial charge in [-0.3, -0.25) is 4.79 Å². The smallest absolute Gasteiger partial charge is 0.251 e. The molecule has 2 N–H and O–H groups in total. The highest BCUT2D eigenvalue weighted by molar-refractivity contribution is 7.22. The molecule has 0 bridgehead atoms. The van der Waals surface area contributed by atoms with E-state index in [4.69, 9.17) is 14.2 Å². The van der Waals surface area contributed by atoms with Gasteiger partial charge in [0, 0.05) is 27.7 Å². The number of ether oxygens (including phenoxy) is 3. The molecule has 1 aliphatic carbocycles. The number of thiophene rings is 1. The molecule has 1 atom stereocenters. The normalized spacial score (nSPS) is 17.4. The average Bonchev–Trinajstić information content (AvgIpc) is 3.66. The van der Waals surface area contributed by atoms with Crippen LogP contribution >= 0.6 is 11.3 Å². The van der Waals surface area contributed by atoms with E-state index in [2.05, 4.69) is 10.6 Å². The van der Waals surface area contributed by atoms with Gasteiger partial charge in [-0.15, -0.1) is 11.3 Å². The van der Waals surface area contributed by atoms with Crippen LogP contribution in [-0.4, -0.2) is 38.3 Å². The molecule has 2 heterocycles. The van der Waals surface area contributed by atoms with Crippen molar-refractivity contribution in [2.45, 2.75) is 63.5 Å². The Labute approximate surface area is 246 Å². The summed E-state index contributed by atoms with van der Waals surface area (Å²) in [6.45, 7) is 1.82. The van der Waals surface area contributed by atoms with E-state index >= 15 is 0 Å². The first-order valence-electron chi connectivity index (χ1n) is 14.8. The summed E-state index contributed by atoms with van der Waals surface area (Å²) in [6, 6.07) is 22.6. The van der Waals surface area contributed by atoms with Crippen molar-refractivity contribution in [1.82, 2.24) is 10.6 Å². The summed E-state index contributed by atoms with van der Waals surface area (Å²) in [7, 11) is 1.68. The van der Waals surface area contributed by atoms with E-state index in [-0.39, 0.29) is 5.91 Å². The minimum Gasteiger partial charge on any atom is -0.497 e. The lowest BCUT2D eigenvalue weighted by Crippen LogP contribution is -2.35. The van der Waals surface area contributed by atoms with Crippen molar-refractivity contribution in [3.63, 3.8) is 0 Å². The third-order valence-electron chi connectivity index (χ3n) is 8.14. The van der Waals surface area contributed by atoms with Gasteiger partial charge in [-0.05, 0) is 98.8 Å². The van der Waals surface area contributed by atoms with Crippen molar-refractivity contribution in [3.05, 3.63) is 72.3 Å². The zero-order chi connectivity index (χ0) is 28.0. The molecule has 7 heteroatoms. The number of amides is 1. The van der Waals surface area contributed by atoms with Crippen molar-refractivity contribution in [2.75, 3.05) is 20.3 Å². The van der Waals surface area contributed by atoms with Crippen LogP contribution in [0.1, 0.15) is 61.7 Å². The highest BCUT2D eigenvalue weighted by Crippen LogP contribution is 2.47. The molecule has 1 unspecified atom stereocenters. The lowest BCUT2D eigenvalue weighted by molar-refractivity contribution is 0.0938. The molecule has 1 aromatic heterocycles. The van der Waals surface area contributed by atoms with Crippen molar-refractivity contribution >= 4 is 27.3 Å². The summed E-state index contributed by atoms with van der Waals surface area (Å²) < 4.78 is 19.1. The maximum atomic E-state index is 12.8. The number of carbonyl (C=O) groups is 1. The number of benzene rings is 3. The molecule has 2 fully saturated rings. The molecule has 4 aromatic rings. The highest BCUT2D eigenvalue weighted by atomic mass is 32.1. The Morgan fingerprint density at radius 1 is 0.902 bits per heavy atom. The van der Waals surface area contributed by atoms with Crippen LogP contribution in [0.15, 0.2) is 66.7 Å². The first-order chi connectivity index (χ1) is 20.2. The Kier molecular flexibility index (Phi) is 8.73. The summed E-state index contributed by atoms with van der Waals surface area (Å²) in [5, 5.41) is 7.78. The summed E-state index contributed by atoms with van der Waals surface area (Å²) in [5.74, 6) is 3.20. The first kappa shape index (κ1) is 27.6. The first-order valence-corrected chi connectivity index (χ1v) is 15.6. The molecule has 3 aromatic carbocycles. The fraction of sp³-hybridized carbons (Fsp3) is 0.382. The lowest BCUT2D eigenvalue weighted by atomic mass is 10.0. The van der Waals surface area contributed by atoms with Gasteiger partial charge in [0.2, 0.25) is 0 Å². The summed E-state index contributed by atoms with van der Waals surface area (Å²) >= 11 is 1.66. The van der Waals surface area contributed by atoms with Gasteiger partial charge in [-0.2, -0.15) is 0 Å². The SMILES string of the molecule is COc1ccc2c(Oc3ccc(OCCC4CCCCN4)cc3)c(-c3ccc(C(=O)NC4CCCC4)cc3)sc2c1. The number of nitrogens with one attached hydrogen (secondary N) is 2. The minimum atomic E-state index is -0.00156. The van der Waals surface area contributed by atoms with Crippen LogP contribution in [0.25, 0.3) is 20.5 Å². The molecule has 41 heavy (non-hydrogen) atoms. The molecule has 1 amide bonds. The fourth-order valence-electron chi connectivity index (χ4n) is 5.79. The molecule has 1 saturated carbocycles. The second kappa shape index (κ2) is 13.0. The van der Waals surface area contributed by atoms with Crippen LogP contribution < -0.4 is 24.8 Å². The van der Waals surface area contributed by atoms with Gasteiger partial charge >= 0.3 is 0 Å². The molecule has 0 spiro atoms. The van der Waals surface area contributed by atoms with Gasteiger partial charge in [-0.1, -0.05) is 31.4 Å². The van der Waals surface area contributed by atoms with E-state index in [9.17, 15) is 4.79 Å². The van der Waals surface area contributed by atoms with Gasteiger partial charge in [0.15, 0.2) is 5.75 Å². The van der Waals surface area contributed by atoms with Gasteiger partial charge in [-0.25, -0.2) is 0 Å². The van der Waals surface area contributed by atoms with Crippen LogP contribution in [0.3, 0.4) is 0 Å². The largest absolute Gasteiger partial charge is 0.497 e. The zero-order valence-corrected chi connectivity index (χ0v) is 24.4. The van der Waals surface area contributed by atoms with Gasteiger partial charge in [0.25, 0.3) is 5.91 Å². The predicted octanol–water partition coefficient (Wildman–Crippen LogP) is 7.95. The summed E-state index contributed by atoms with van der Waals surface area (Å²) in [6.07, 6.45) is 9.35. The number of methoxy groups -OCH3 is 1. The van der Waals surface area contributed by atoms with E-state index < -0.39 is 0 Å². The third kappa shape index (κ3) is 6.68. The highest BCUT2D eigenvalue weighted by Gasteiger charge is 2.20. The van der Waals surface area contributed by atoms with Crippen molar-refractivity contribution in [3.8, 4) is 33.4 Å². The average molecular weight is 571 g/mol. The molecule has 1 saturated heterocycles. The number of hydrogen-bond acceptors (Lipinski definition) is 6. The van der Waals surface area contributed by atoms with E-state index in [0.717, 1.165) is 69.3 Å². The zero-order valence-electron chi connectivity index (χ0n) is 23.6. The second-order valence-corrected chi connectivity index (χ2v) is 12.1.